The molecule has 0 aliphatic carbocycles. The molecule has 0 radical (unpaired) electrons. The summed E-state index contributed by atoms with van der Waals surface area (Å²) in [5.41, 5.74) is 7.88. The number of nitrogens with zero attached hydrogens (tertiary/aromatic N) is 1. The van der Waals surface area contributed by atoms with Crippen molar-refractivity contribution in [2.24, 2.45) is 5.92 Å². The van der Waals surface area contributed by atoms with Crippen LogP contribution in [-0.4, -0.2) is 26.8 Å². The van der Waals surface area contributed by atoms with Crippen molar-refractivity contribution in [3.8, 4) is 0 Å². The summed E-state index contributed by atoms with van der Waals surface area (Å²) in [6, 6.07) is 8.14. The highest BCUT2D eigenvalue weighted by Crippen LogP contribution is 2.24. The SMILES string of the molecule is COCC1CCN(c2cccc(N)c2)CC1. The maximum absolute atomic E-state index is 5.79. The second kappa shape index (κ2) is 5.21. The molecule has 1 aliphatic heterocycles. The minimum absolute atomic E-state index is 0.724. The predicted octanol–water partition coefficient (Wildman–Crippen LogP) is 2.13. The number of rotatable bonds is 3. The van der Waals surface area contributed by atoms with Crippen molar-refractivity contribution in [2.75, 3.05) is 37.4 Å². The molecule has 1 heterocycles. The molecule has 0 aromatic heterocycles. The van der Waals surface area contributed by atoms with Gasteiger partial charge in [0.2, 0.25) is 0 Å². The number of anilines is 2. The highest BCUT2D eigenvalue weighted by Gasteiger charge is 2.19. The van der Waals surface area contributed by atoms with Crippen molar-refractivity contribution < 1.29 is 4.74 Å². The molecule has 88 valence electrons. The molecule has 1 aromatic rings. The molecule has 1 fully saturated rings. The second-order valence-corrected chi connectivity index (χ2v) is 4.48. The molecule has 2 N–H and O–H groups in total. The van der Waals surface area contributed by atoms with Gasteiger partial charge in [0.25, 0.3) is 0 Å². The minimum atomic E-state index is 0.724. The van der Waals surface area contributed by atoms with E-state index in [4.69, 9.17) is 10.5 Å². The van der Waals surface area contributed by atoms with E-state index >= 15 is 0 Å². The Balaban J connectivity index is 1.94. The number of ether oxygens (including phenoxy) is 1. The van der Waals surface area contributed by atoms with E-state index in [1.165, 1.54) is 18.5 Å². The van der Waals surface area contributed by atoms with Crippen molar-refractivity contribution >= 4 is 11.4 Å². The Morgan fingerprint density at radius 2 is 2.12 bits per heavy atom. The molecule has 3 nitrogen and oxygen atoms in total. The summed E-state index contributed by atoms with van der Waals surface area (Å²) in [5.74, 6) is 0.724. The van der Waals surface area contributed by atoms with Crippen molar-refractivity contribution in [3.63, 3.8) is 0 Å². The Kier molecular flexibility index (Phi) is 3.67. The summed E-state index contributed by atoms with van der Waals surface area (Å²) in [6.45, 7) is 3.11. The van der Waals surface area contributed by atoms with Gasteiger partial charge in [-0.3, -0.25) is 0 Å². The van der Waals surface area contributed by atoms with Gasteiger partial charge in [0.1, 0.15) is 0 Å². The second-order valence-electron chi connectivity index (χ2n) is 4.48. The Hall–Kier alpha value is -1.22. The standard InChI is InChI=1S/C13H20N2O/c1-16-10-11-5-7-15(8-6-11)13-4-2-3-12(14)9-13/h2-4,9,11H,5-8,10,14H2,1H3. The third-order valence-corrected chi connectivity index (χ3v) is 3.25. The van der Waals surface area contributed by atoms with E-state index in [0.717, 1.165) is 31.3 Å². The van der Waals surface area contributed by atoms with Crippen LogP contribution in [0.2, 0.25) is 0 Å². The fraction of sp³-hybridized carbons (Fsp3) is 0.538. The van der Waals surface area contributed by atoms with E-state index in [2.05, 4.69) is 17.0 Å². The smallest absolute Gasteiger partial charge is 0.0491 e. The molecule has 0 saturated carbocycles. The summed E-state index contributed by atoms with van der Waals surface area (Å²) in [5, 5.41) is 0. The minimum Gasteiger partial charge on any atom is -0.399 e. The van der Waals surface area contributed by atoms with Crippen LogP contribution in [-0.2, 0) is 4.74 Å². The van der Waals surface area contributed by atoms with Crippen LogP contribution < -0.4 is 10.6 Å². The first-order valence-electron chi connectivity index (χ1n) is 5.89. The van der Waals surface area contributed by atoms with Gasteiger partial charge in [0.05, 0.1) is 0 Å². The summed E-state index contributed by atoms with van der Waals surface area (Å²) in [6.07, 6.45) is 2.42. The summed E-state index contributed by atoms with van der Waals surface area (Å²) < 4.78 is 5.20. The van der Waals surface area contributed by atoms with E-state index < -0.39 is 0 Å². The number of hydrogen-bond donors (Lipinski definition) is 1. The molecule has 0 spiro atoms. The molecule has 2 rings (SSSR count). The van der Waals surface area contributed by atoms with Crippen LogP contribution in [0.4, 0.5) is 11.4 Å². The Labute approximate surface area is 97.2 Å². The molecule has 0 atom stereocenters. The van der Waals surface area contributed by atoms with Crippen LogP contribution in [0.5, 0.6) is 0 Å². The molecular formula is C13H20N2O. The van der Waals surface area contributed by atoms with Crippen LogP contribution in [0.3, 0.4) is 0 Å². The van der Waals surface area contributed by atoms with Crippen LogP contribution in [0.1, 0.15) is 12.8 Å². The first-order valence-corrected chi connectivity index (χ1v) is 5.89. The number of piperidine rings is 1. The van der Waals surface area contributed by atoms with Gasteiger partial charge in [0, 0.05) is 38.2 Å². The Morgan fingerprint density at radius 3 is 2.75 bits per heavy atom. The van der Waals surface area contributed by atoms with Gasteiger partial charge in [-0.1, -0.05) is 6.07 Å². The van der Waals surface area contributed by atoms with Crippen molar-refractivity contribution in [3.05, 3.63) is 24.3 Å². The predicted molar refractivity (Wildman–Crippen MR) is 67.7 cm³/mol. The number of methoxy groups -OCH3 is 1. The van der Waals surface area contributed by atoms with E-state index in [1.54, 1.807) is 7.11 Å². The summed E-state index contributed by atoms with van der Waals surface area (Å²) in [4.78, 5) is 2.41. The van der Waals surface area contributed by atoms with Gasteiger partial charge in [0.15, 0.2) is 0 Å². The van der Waals surface area contributed by atoms with Crippen LogP contribution in [0.25, 0.3) is 0 Å². The first kappa shape index (κ1) is 11.3. The molecule has 0 amide bonds. The molecule has 0 bridgehead atoms. The van der Waals surface area contributed by atoms with Crippen molar-refractivity contribution in [1.82, 2.24) is 0 Å². The van der Waals surface area contributed by atoms with Gasteiger partial charge >= 0.3 is 0 Å². The Bertz CT molecular complexity index is 332. The number of nitrogens with two attached hydrogens (primary N) is 1. The number of benzene rings is 1. The average molecular weight is 220 g/mol. The lowest BCUT2D eigenvalue weighted by Gasteiger charge is -2.33. The fourth-order valence-corrected chi connectivity index (χ4v) is 2.32. The van der Waals surface area contributed by atoms with Crippen LogP contribution in [0.15, 0.2) is 24.3 Å². The third kappa shape index (κ3) is 2.67. The van der Waals surface area contributed by atoms with Crippen molar-refractivity contribution in [1.29, 1.82) is 0 Å². The molecule has 1 aromatic carbocycles. The zero-order valence-corrected chi connectivity index (χ0v) is 9.86. The first-order chi connectivity index (χ1) is 7.79. The lowest BCUT2D eigenvalue weighted by Crippen LogP contribution is -2.34. The van der Waals surface area contributed by atoms with Gasteiger partial charge in [-0.2, -0.15) is 0 Å². The monoisotopic (exact) mass is 220 g/mol. The Morgan fingerprint density at radius 1 is 1.38 bits per heavy atom. The van der Waals surface area contributed by atoms with Gasteiger partial charge < -0.3 is 15.4 Å². The largest absolute Gasteiger partial charge is 0.399 e. The molecule has 1 saturated heterocycles. The normalized spacial score (nSPS) is 17.7. The van der Waals surface area contributed by atoms with Gasteiger partial charge in [-0.15, -0.1) is 0 Å². The zero-order chi connectivity index (χ0) is 11.4. The lowest BCUT2D eigenvalue weighted by molar-refractivity contribution is 0.139. The maximum Gasteiger partial charge on any atom is 0.0491 e. The van der Waals surface area contributed by atoms with Gasteiger partial charge in [-0.05, 0) is 37.0 Å². The lowest BCUT2D eigenvalue weighted by atomic mass is 9.97. The molecule has 1 aliphatic rings. The summed E-state index contributed by atoms with van der Waals surface area (Å²) in [7, 11) is 1.78. The van der Waals surface area contributed by atoms with E-state index in [-0.39, 0.29) is 0 Å². The highest BCUT2D eigenvalue weighted by atomic mass is 16.5. The number of nitrogen functional groups attached to an aromatic ring is 1. The number of hydrogen-bond acceptors (Lipinski definition) is 3. The molecule has 3 heteroatoms. The van der Waals surface area contributed by atoms with Gasteiger partial charge in [-0.25, -0.2) is 0 Å². The zero-order valence-electron chi connectivity index (χ0n) is 9.86. The maximum atomic E-state index is 5.79. The van der Waals surface area contributed by atoms with E-state index in [9.17, 15) is 0 Å². The quantitative estimate of drug-likeness (QED) is 0.793. The van der Waals surface area contributed by atoms with E-state index in [1.807, 2.05) is 12.1 Å². The summed E-state index contributed by atoms with van der Waals surface area (Å²) >= 11 is 0. The van der Waals surface area contributed by atoms with Crippen LogP contribution in [0, 0.1) is 5.92 Å². The molecule has 16 heavy (non-hydrogen) atoms. The molecular weight excluding hydrogens is 200 g/mol. The highest BCUT2D eigenvalue weighted by molar-refractivity contribution is 5.56. The van der Waals surface area contributed by atoms with Crippen molar-refractivity contribution in [2.45, 2.75) is 12.8 Å². The van der Waals surface area contributed by atoms with Crippen LogP contribution >= 0.6 is 0 Å². The topological polar surface area (TPSA) is 38.5 Å². The fourth-order valence-electron chi connectivity index (χ4n) is 2.32. The van der Waals surface area contributed by atoms with E-state index in [0.29, 0.717) is 0 Å². The average Bonchev–Trinajstić information content (AvgIpc) is 2.30. The molecule has 0 unspecified atom stereocenters. The third-order valence-electron chi connectivity index (χ3n) is 3.25.